The van der Waals surface area contributed by atoms with Gasteiger partial charge in [-0.15, -0.1) is 0 Å². The number of allylic oxidation sites excluding steroid dienone is 8. The summed E-state index contributed by atoms with van der Waals surface area (Å²) in [5.41, 5.74) is 0. The SMILES string of the molecule is CCCC/C=C\CCC(CC/C=C\CCCC)OC(=O)CCCCCCCN(CCO)CCCCCCCC(=O)OCCCCCCCCC.CCCC/C=C\CCC(O)CC/C=C\CCCC. The van der Waals surface area contributed by atoms with Gasteiger partial charge in [-0.2, -0.15) is 0 Å². The fourth-order valence-corrected chi connectivity index (χ4v) is 8.09. The van der Waals surface area contributed by atoms with Crippen molar-refractivity contribution in [3.8, 4) is 0 Å². The Morgan fingerprint density at radius 3 is 1.19 bits per heavy atom. The van der Waals surface area contributed by atoms with Crippen LogP contribution < -0.4 is 0 Å². The van der Waals surface area contributed by atoms with Crippen LogP contribution in [0.2, 0.25) is 0 Å². The summed E-state index contributed by atoms with van der Waals surface area (Å²) in [6, 6.07) is 0. The van der Waals surface area contributed by atoms with Gasteiger partial charge < -0.3 is 24.6 Å². The lowest BCUT2D eigenvalue weighted by atomic mass is 10.1. The van der Waals surface area contributed by atoms with Crippen LogP contribution in [-0.4, -0.2) is 72.1 Å². The average Bonchev–Trinajstić information content (AvgIpc) is 3.33. The Morgan fingerprint density at radius 2 is 0.765 bits per heavy atom. The van der Waals surface area contributed by atoms with E-state index >= 15 is 0 Å². The van der Waals surface area contributed by atoms with Gasteiger partial charge >= 0.3 is 11.9 Å². The number of esters is 2. The number of hydrogen-bond donors (Lipinski definition) is 2. The third-order valence-corrected chi connectivity index (χ3v) is 12.6. The van der Waals surface area contributed by atoms with E-state index in [2.05, 4.69) is 88.1 Å². The van der Waals surface area contributed by atoms with Crippen LogP contribution >= 0.6 is 0 Å². The summed E-state index contributed by atoms with van der Waals surface area (Å²) in [5.74, 6) is -0.0696. The molecule has 0 bridgehead atoms. The molecule has 0 aliphatic carbocycles. The number of carbonyl (C=O) groups is 2. The topological polar surface area (TPSA) is 96.3 Å². The number of ether oxygens (including phenoxy) is 2. The summed E-state index contributed by atoms with van der Waals surface area (Å²) in [6.07, 6.45) is 60.7. The molecule has 0 rings (SSSR count). The van der Waals surface area contributed by atoms with Crippen molar-refractivity contribution in [2.45, 2.75) is 297 Å². The molecule has 0 fully saturated rings. The van der Waals surface area contributed by atoms with E-state index < -0.39 is 0 Å². The third-order valence-electron chi connectivity index (χ3n) is 12.6. The minimum atomic E-state index is -0.128. The first-order valence-electron chi connectivity index (χ1n) is 29.3. The number of nitrogens with zero attached hydrogens (tertiary/aromatic N) is 1. The van der Waals surface area contributed by atoms with Crippen LogP contribution in [0, 0.1) is 0 Å². The predicted molar refractivity (Wildman–Crippen MR) is 295 cm³/mol. The highest BCUT2D eigenvalue weighted by Gasteiger charge is 2.13. The van der Waals surface area contributed by atoms with Gasteiger partial charge in [-0.1, -0.05) is 212 Å². The Kier molecular flexibility index (Phi) is 59.0. The summed E-state index contributed by atoms with van der Waals surface area (Å²) in [7, 11) is 0. The highest BCUT2D eigenvalue weighted by atomic mass is 16.5. The summed E-state index contributed by atoms with van der Waals surface area (Å²) >= 11 is 0. The van der Waals surface area contributed by atoms with Gasteiger partial charge in [0.2, 0.25) is 0 Å². The van der Waals surface area contributed by atoms with Crippen molar-refractivity contribution in [2.24, 2.45) is 0 Å². The summed E-state index contributed by atoms with van der Waals surface area (Å²) < 4.78 is 11.3. The minimum Gasteiger partial charge on any atom is -0.466 e. The van der Waals surface area contributed by atoms with Gasteiger partial charge in [0.05, 0.1) is 19.3 Å². The molecule has 0 amide bonds. The van der Waals surface area contributed by atoms with Crippen molar-refractivity contribution in [1.82, 2.24) is 4.90 Å². The molecule has 0 unspecified atom stereocenters. The van der Waals surface area contributed by atoms with Gasteiger partial charge in [-0.05, 0) is 122 Å². The second-order valence-electron chi connectivity index (χ2n) is 19.5. The van der Waals surface area contributed by atoms with Crippen LogP contribution in [0.3, 0.4) is 0 Å². The molecule has 7 nitrogen and oxygen atoms in total. The molecule has 68 heavy (non-hydrogen) atoms. The van der Waals surface area contributed by atoms with E-state index in [0.717, 1.165) is 154 Å². The molecule has 400 valence electrons. The molecule has 0 aromatic rings. The maximum atomic E-state index is 12.6. The predicted octanol–water partition coefficient (Wildman–Crippen LogP) is 17.6. The second kappa shape index (κ2) is 59.1. The Morgan fingerprint density at radius 1 is 0.412 bits per heavy atom. The van der Waals surface area contributed by atoms with Crippen LogP contribution in [0.1, 0.15) is 285 Å². The Balaban J connectivity index is 0. The zero-order chi connectivity index (χ0) is 50.1. The van der Waals surface area contributed by atoms with Crippen LogP contribution in [0.5, 0.6) is 0 Å². The molecule has 0 aliphatic heterocycles. The zero-order valence-electron chi connectivity index (χ0n) is 45.9. The normalized spacial score (nSPS) is 12.0. The van der Waals surface area contributed by atoms with Gasteiger partial charge in [0.15, 0.2) is 0 Å². The lowest BCUT2D eigenvalue weighted by Crippen LogP contribution is -2.29. The maximum Gasteiger partial charge on any atom is 0.306 e. The van der Waals surface area contributed by atoms with E-state index in [4.69, 9.17) is 9.47 Å². The summed E-state index contributed by atoms with van der Waals surface area (Å²) in [4.78, 5) is 27.0. The fourth-order valence-electron chi connectivity index (χ4n) is 8.09. The van der Waals surface area contributed by atoms with Crippen molar-refractivity contribution >= 4 is 11.9 Å². The quantitative estimate of drug-likeness (QED) is 0.0356. The molecule has 0 aromatic carbocycles. The number of rotatable bonds is 51. The molecule has 0 spiro atoms. The molecule has 0 radical (unpaired) electrons. The van der Waals surface area contributed by atoms with Crippen molar-refractivity contribution in [1.29, 1.82) is 0 Å². The standard InChI is InChI=1S/C44H83NO5.C17H32O/c1-4-7-10-13-16-25-32-41-49-43(47)35-28-21-17-23-30-37-45(39-40-46)38-31-24-18-22-29-36-44(48)50-42(33-26-19-14-11-8-5-2)34-27-20-15-12-9-6-3;1-3-5-7-9-11-13-15-17(18)16-14-12-10-8-6-4-2/h14-15,19-20,42,46H,4-13,16-18,21-41H2,1-3H3;9-12,17-18H,3-8,13-16H2,1-2H3/b19-14-,20-15-;11-9-,12-10-. The molecule has 0 aromatic heterocycles. The van der Waals surface area contributed by atoms with Gasteiger partial charge in [-0.25, -0.2) is 0 Å². The Hall–Kier alpha value is -2.22. The Bertz CT molecular complexity index is 1090. The van der Waals surface area contributed by atoms with Crippen molar-refractivity contribution in [2.75, 3.05) is 32.8 Å². The van der Waals surface area contributed by atoms with E-state index in [1.54, 1.807) is 0 Å². The second-order valence-corrected chi connectivity index (χ2v) is 19.5. The average molecular weight is 959 g/mol. The first-order valence-corrected chi connectivity index (χ1v) is 29.3. The number of aliphatic hydroxyl groups is 2. The number of aliphatic hydroxyl groups excluding tert-OH is 2. The maximum absolute atomic E-state index is 12.6. The number of unbranched alkanes of at least 4 members (excludes halogenated alkanes) is 22. The van der Waals surface area contributed by atoms with Gasteiger partial charge in [0.1, 0.15) is 6.10 Å². The molecule has 7 heteroatoms. The highest BCUT2D eigenvalue weighted by molar-refractivity contribution is 5.69. The third kappa shape index (κ3) is 56.4. The first-order chi connectivity index (χ1) is 33.4. The van der Waals surface area contributed by atoms with Crippen molar-refractivity contribution < 1.29 is 29.3 Å². The van der Waals surface area contributed by atoms with E-state index in [1.807, 2.05) is 0 Å². The van der Waals surface area contributed by atoms with Crippen LogP contribution in [0.4, 0.5) is 0 Å². The minimum absolute atomic E-state index is 0.0137. The van der Waals surface area contributed by atoms with Crippen LogP contribution in [0.15, 0.2) is 48.6 Å². The first kappa shape index (κ1) is 67.9. The summed E-state index contributed by atoms with van der Waals surface area (Å²) in [5, 5.41) is 19.3. The van der Waals surface area contributed by atoms with E-state index in [-0.39, 0.29) is 30.8 Å². The fraction of sp³-hybridized carbons (Fsp3) is 0.836. The molecule has 0 aliphatic rings. The molecule has 0 saturated heterocycles. The molecular formula is C61H115NO6. The van der Waals surface area contributed by atoms with E-state index in [0.29, 0.717) is 19.4 Å². The molecule has 0 saturated carbocycles. The van der Waals surface area contributed by atoms with Crippen molar-refractivity contribution in [3.05, 3.63) is 48.6 Å². The highest BCUT2D eigenvalue weighted by Crippen LogP contribution is 2.16. The lowest BCUT2D eigenvalue weighted by Gasteiger charge is -2.21. The number of carbonyl (C=O) groups excluding carboxylic acids is 2. The van der Waals surface area contributed by atoms with E-state index in [1.165, 1.54) is 103 Å². The lowest BCUT2D eigenvalue weighted by molar-refractivity contribution is -0.150. The monoisotopic (exact) mass is 958 g/mol. The Labute approximate surface area is 423 Å². The molecule has 2 N–H and O–H groups in total. The summed E-state index contributed by atoms with van der Waals surface area (Å²) in [6.45, 7) is 14.7. The van der Waals surface area contributed by atoms with Crippen molar-refractivity contribution in [3.63, 3.8) is 0 Å². The van der Waals surface area contributed by atoms with Gasteiger partial charge in [0.25, 0.3) is 0 Å². The van der Waals surface area contributed by atoms with Crippen LogP contribution in [0.25, 0.3) is 0 Å². The zero-order valence-corrected chi connectivity index (χ0v) is 45.9. The molecule has 0 heterocycles. The van der Waals surface area contributed by atoms with Gasteiger partial charge in [0, 0.05) is 19.4 Å². The van der Waals surface area contributed by atoms with E-state index in [9.17, 15) is 19.8 Å². The largest absolute Gasteiger partial charge is 0.466 e. The number of hydrogen-bond acceptors (Lipinski definition) is 7. The molecule has 0 atom stereocenters. The van der Waals surface area contributed by atoms with Crippen LogP contribution in [-0.2, 0) is 19.1 Å². The smallest absolute Gasteiger partial charge is 0.306 e. The molecular weight excluding hydrogens is 843 g/mol. The van der Waals surface area contributed by atoms with Gasteiger partial charge in [-0.3, -0.25) is 9.59 Å².